The Labute approximate surface area is 87.0 Å². The van der Waals surface area contributed by atoms with Gasteiger partial charge in [-0.3, -0.25) is 0 Å². The highest BCUT2D eigenvalue weighted by atomic mass is 19.1. The van der Waals surface area contributed by atoms with Crippen molar-refractivity contribution < 1.29 is 9.13 Å². The maximum atomic E-state index is 13.4. The molecule has 1 nitrogen and oxygen atoms in total. The Kier molecular flexibility index (Phi) is 4.86. The second-order valence-electron chi connectivity index (χ2n) is 4.75. The maximum absolute atomic E-state index is 13.4. The molecule has 0 spiro atoms. The van der Waals surface area contributed by atoms with Gasteiger partial charge >= 0.3 is 0 Å². The first kappa shape index (κ1) is 12.0. The molecule has 0 radical (unpaired) electrons. The normalized spacial score (nSPS) is 32.4. The lowest BCUT2D eigenvalue weighted by atomic mass is 10.0. The summed E-state index contributed by atoms with van der Waals surface area (Å²) in [5.74, 6) is 0. The molecule has 0 aromatic carbocycles. The Bertz CT molecular complexity index is 156. The van der Waals surface area contributed by atoms with Gasteiger partial charge in [0.15, 0.2) is 0 Å². The van der Waals surface area contributed by atoms with E-state index in [1.165, 1.54) is 32.1 Å². The number of unbranched alkanes of at least 4 members (excludes halogenated alkanes) is 4. The monoisotopic (exact) mass is 202 g/mol. The topological polar surface area (TPSA) is 9.23 Å². The van der Waals surface area contributed by atoms with Crippen molar-refractivity contribution in [2.24, 2.45) is 0 Å². The average molecular weight is 202 g/mol. The Morgan fingerprint density at radius 3 is 2.57 bits per heavy atom. The fourth-order valence-corrected chi connectivity index (χ4v) is 2.05. The molecule has 0 aliphatic carbocycles. The molecule has 0 aromatic heterocycles. The van der Waals surface area contributed by atoms with E-state index in [1.54, 1.807) is 6.92 Å². The summed E-state index contributed by atoms with van der Waals surface area (Å²) in [7, 11) is 0. The number of hydrogen-bond acceptors (Lipinski definition) is 1. The van der Waals surface area contributed by atoms with Gasteiger partial charge in [-0.1, -0.05) is 39.0 Å². The first-order valence-electron chi connectivity index (χ1n) is 5.94. The molecule has 0 unspecified atom stereocenters. The zero-order valence-corrected chi connectivity index (χ0v) is 9.52. The Hall–Kier alpha value is -0.110. The van der Waals surface area contributed by atoms with Crippen LogP contribution in [0.15, 0.2) is 0 Å². The summed E-state index contributed by atoms with van der Waals surface area (Å²) >= 11 is 0. The second kappa shape index (κ2) is 5.69. The van der Waals surface area contributed by atoms with Crippen molar-refractivity contribution in [2.75, 3.05) is 6.61 Å². The van der Waals surface area contributed by atoms with Crippen LogP contribution < -0.4 is 0 Å². The van der Waals surface area contributed by atoms with Crippen molar-refractivity contribution in [1.29, 1.82) is 0 Å². The third kappa shape index (κ3) is 4.41. The lowest BCUT2D eigenvalue weighted by Gasteiger charge is -2.10. The van der Waals surface area contributed by atoms with Crippen molar-refractivity contribution in [3.63, 3.8) is 0 Å². The van der Waals surface area contributed by atoms with Gasteiger partial charge in [0.2, 0.25) is 0 Å². The van der Waals surface area contributed by atoms with Crippen molar-refractivity contribution in [2.45, 2.75) is 70.6 Å². The Morgan fingerprint density at radius 1 is 1.29 bits per heavy atom. The molecule has 2 heteroatoms. The van der Waals surface area contributed by atoms with Crippen LogP contribution in [0, 0.1) is 0 Å². The van der Waals surface area contributed by atoms with Crippen LogP contribution in [0.2, 0.25) is 0 Å². The SMILES string of the molecule is CCCCCCC[C@@H]1C[C@](C)(F)CO1. The van der Waals surface area contributed by atoms with Crippen LogP contribution in [-0.4, -0.2) is 18.4 Å². The molecule has 1 fully saturated rings. The van der Waals surface area contributed by atoms with Gasteiger partial charge in [-0.05, 0) is 13.3 Å². The summed E-state index contributed by atoms with van der Waals surface area (Å²) < 4.78 is 18.8. The van der Waals surface area contributed by atoms with Gasteiger partial charge in [0.25, 0.3) is 0 Å². The van der Waals surface area contributed by atoms with Crippen LogP contribution >= 0.6 is 0 Å². The molecular formula is C12H23FO. The van der Waals surface area contributed by atoms with Gasteiger partial charge in [-0.25, -0.2) is 4.39 Å². The number of rotatable bonds is 6. The van der Waals surface area contributed by atoms with Crippen LogP contribution in [0.25, 0.3) is 0 Å². The van der Waals surface area contributed by atoms with Crippen LogP contribution in [0.5, 0.6) is 0 Å². The third-order valence-electron chi connectivity index (χ3n) is 2.90. The predicted molar refractivity (Wildman–Crippen MR) is 57.2 cm³/mol. The summed E-state index contributed by atoms with van der Waals surface area (Å²) in [6, 6.07) is 0. The van der Waals surface area contributed by atoms with Gasteiger partial charge < -0.3 is 4.74 Å². The molecule has 0 amide bonds. The number of ether oxygens (including phenoxy) is 1. The zero-order chi connectivity index (χ0) is 10.4. The van der Waals surface area contributed by atoms with E-state index in [9.17, 15) is 4.39 Å². The van der Waals surface area contributed by atoms with E-state index >= 15 is 0 Å². The van der Waals surface area contributed by atoms with Crippen LogP contribution in [0.3, 0.4) is 0 Å². The van der Waals surface area contributed by atoms with Crippen LogP contribution in [0.4, 0.5) is 4.39 Å². The fourth-order valence-electron chi connectivity index (χ4n) is 2.05. The molecule has 1 heterocycles. The van der Waals surface area contributed by atoms with E-state index in [0.29, 0.717) is 13.0 Å². The van der Waals surface area contributed by atoms with Gasteiger partial charge in [0.05, 0.1) is 12.7 Å². The molecule has 84 valence electrons. The molecule has 0 bridgehead atoms. The summed E-state index contributed by atoms with van der Waals surface area (Å²) in [4.78, 5) is 0. The van der Waals surface area contributed by atoms with E-state index in [4.69, 9.17) is 4.74 Å². The summed E-state index contributed by atoms with van der Waals surface area (Å²) in [5, 5.41) is 0. The van der Waals surface area contributed by atoms with E-state index in [1.807, 2.05) is 0 Å². The van der Waals surface area contributed by atoms with Gasteiger partial charge in [-0.2, -0.15) is 0 Å². The second-order valence-corrected chi connectivity index (χ2v) is 4.75. The smallest absolute Gasteiger partial charge is 0.133 e. The zero-order valence-electron chi connectivity index (χ0n) is 9.52. The summed E-state index contributed by atoms with van der Waals surface area (Å²) in [6.45, 7) is 4.16. The molecular weight excluding hydrogens is 179 g/mol. The van der Waals surface area contributed by atoms with Gasteiger partial charge in [0, 0.05) is 6.42 Å². The summed E-state index contributed by atoms with van der Waals surface area (Å²) in [5.41, 5.74) is -1.06. The first-order valence-corrected chi connectivity index (χ1v) is 5.94. The lowest BCUT2D eigenvalue weighted by Crippen LogP contribution is -2.17. The molecule has 0 N–H and O–H groups in total. The molecule has 1 rings (SSSR count). The van der Waals surface area contributed by atoms with E-state index in [0.717, 1.165) is 6.42 Å². The van der Waals surface area contributed by atoms with Crippen molar-refractivity contribution in [1.82, 2.24) is 0 Å². The first-order chi connectivity index (χ1) is 6.64. The fraction of sp³-hybridized carbons (Fsp3) is 1.00. The van der Waals surface area contributed by atoms with Gasteiger partial charge in [0.1, 0.15) is 5.67 Å². The predicted octanol–water partition coefficient (Wildman–Crippen LogP) is 3.86. The summed E-state index contributed by atoms with van der Waals surface area (Å²) in [6.07, 6.45) is 8.22. The van der Waals surface area contributed by atoms with E-state index < -0.39 is 5.67 Å². The molecule has 1 saturated heterocycles. The van der Waals surface area contributed by atoms with Crippen molar-refractivity contribution in [3.8, 4) is 0 Å². The highest BCUT2D eigenvalue weighted by Crippen LogP contribution is 2.30. The molecule has 0 aromatic rings. The molecule has 1 aliphatic heterocycles. The minimum absolute atomic E-state index is 0.187. The quantitative estimate of drug-likeness (QED) is 0.594. The van der Waals surface area contributed by atoms with E-state index in [2.05, 4.69) is 6.92 Å². The Balaban J connectivity index is 1.98. The minimum Gasteiger partial charge on any atom is -0.375 e. The maximum Gasteiger partial charge on any atom is 0.133 e. The average Bonchev–Trinajstić information content (AvgIpc) is 2.45. The number of alkyl halides is 1. The van der Waals surface area contributed by atoms with Gasteiger partial charge in [-0.15, -0.1) is 0 Å². The Morgan fingerprint density at radius 2 is 2.00 bits per heavy atom. The highest BCUT2D eigenvalue weighted by Gasteiger charge is 2.35. The minimum atomic E-state index is -1.06. The standard InChI is InChI=1S/C12H23FO/c1-3-4-5-6-7-8-11-9-12(2,13)10-14-11/h11H,3-10H2,1-2H3/t11-,12+/m1/s1. The highest BCUT2D eigenvalue weighted by molar-refractivity contribution is 4.84. The van der Waals surface area contributed by atoms with Crippen molar-refractivity contribution in [3.05, 3.63) is 0 Å². The molecule has 1 aliphatic rings. The lowest BCUT2D eigenvalue weighted by molar-refractivity contribution is 0.0805. The van der Waals surface area contributed by atoms with Crippen LogP contribution in [-0.2, 0) is 4.74 Å². The number of halogens is 1. The number of hydrogen-bond donors (Lipinski definition) is 0. The third-order valence-corrected chi connectivity index (χ3v) is 2.90. The molecule has 0 saturated carbocycles. The van der Waals surface area contributed by atoms with Crippen LogP contribution in [0.1, 0.15) is 58.8 Å². The molecule has 2 atom stereocenters. The van der Waals surface area contributed by atoms with E-state index in [-0.39, 0.29) is 6.10 Å². The molecule has 14 heavy (non-hydrogen) atoms. The van der Waals surface area contributed by atoms with Crippen molar-refractivity contribution >= 4 is 0 Å². The largest absolute Gasteiger partial charge is 0.375 e.